The largest absolute Gasteiger partial charge is 0.456 e. The average molecular weight is 663 g/mol. The van der Waals surface area contributed by atoms with E-state index >= 15 is 0 Å². The smallest absolute Gasteiger partial charge is 0.135 e. The third-order valence-corrected chi connectivity index (χ3v) is 11.6. The van der Waals surface area contributed by atoms with E-state index in [4.69, 9.17) is 4.42 Å². The Kier molecular flexibility index (Phi) is 6.08. The molecule has 52 heavy (non-hydrogen) atoms. The van der Waals surface area contributed by atoms with Crippen molar-refractivity contribution in [3.05, 3.63) is 181 Å². The second kappa shape index (κ2) is 10.8. The van der Waals surface area contributed by atoms with Crippen LogP contribution < -0.4 is 0 Å². The molecule has 0 bridgehead atoms. The van der Waals surface area contributed by atoms with Crippen LogP contribution in [0.15, 0.2) is 174 Å². The van der Waals surface area contributed by atoms with Gasteiger partial charge in [-0.3, -0.25) is 0 Å². The molecular formula is C51H34O. The van der Waals surface area contributed by atoms with Gasteiger partial charge in [0.1, 0.15) is 11.2 Å². The summed E-state index contributed by atoms with van der Waals surface area (Å²) in [6.45, 7) is 4.71. The molecule has 9 aromatic carbocycles. The summed E-state index contributed by atoms with van der Waals surface area (Å²) in [7, 11) is 0. The fourth-order valence-corrected chi connectivity index (χ4v) is 9.17. The first kappa shape index (κ1) is 29.3. The minimum Gasteiger partial charge on any atom is -0.456 e. The maximum atomic E-state index is 6.48. The van der Waals surface area contributed by atoms with E-state index in [1.807, 2.05) is 0 Å². The molecule has 11 rings (SSSR count). The Hall–Kier alpha value is -6.44. The second-order valence-electron chi connectivity index (χ2n) is 14.8. The summed E-state index contributed by atoms with van der Waals surface area (Å²) in [5.74, 6) is 0. The van der Waals surface area contributed by atoms with Crippen molar-refractivity contribution in [1.29, 1.82) is 0 Å². The van der Waals surface area contributed by atoms with Gasteiger partial charge in [0.05, 0.1) is 0 Å². The molecule has 1 heterocycles. The van der Waals surface area contributed by atoms with Gasteiger partial charge in [-0.05, 0) is 118 Å². The van der Waals surface area contributed by atoms with Gasteiger partial charge < -0.3 is 4.42 Å². The molecule has 0 fully saturated rings. The lowest BCUT2D eigenvalue weighted by Crippen LogP contribution is -2.14. The maximum Gasteiger partial charge on any atom is 0.135 e. The van der Waals surface area contributed by atoms with E-state index in [-0.39, 0.29) is 5.41 Å². The Morgan fingerprint density at radius 1 is 0.346 bits per heavy atom. The minimum atomic E-state index is -0.0536. The van der Waals surface area contributed by atoms with Crippen molar-refractivity contribution in [1.82, 2.24) is 0 Å². The van der Waals surface area contributed by atoms with Crippen molar-refractivity contribution in [2.75, 3.05) is 0 Å². The average Bonchev–Trinajstić information content (AvgIpc) is 3.67. The summed E-state index contributed by atoms with van der Waals surface area (Å²) in [6.07, 6.45) is 0. The molecule has 1 nitrogen and oxygen atoms in total. The highest BCUT2D eigenvalue weighted by Crippen LogP contribution is 2.52. The molecule has 0 atom stereocenters. The zero-order valence-corrected chi connectivity index (χ0v) is 29.1. The molecule has 0 saturated heterocycles. The van der Waals surface area contributed by atoms with Gasteiger partial charge in [-0.15, -0.1) is 0 Å². The quantitative estimate of drug-likeness (QED) is 0.172. The standard InChI is InChI=1S/C51H34O/c1-51(2)44-24-21-33(29-43(44)50-36-15-7-6-12-31(36)20-25-45(50)51)34-22-26-46-41(28-34)42-30-35(23-27-47(42)52-46)49-39-18-10-8-16-37(39)48(32-13-4-3-5-14-32)38-17-9-11-19-40(38)49/h3-30H,1-2H3. The van der Waals surface area contributed by atoms with Crippen LogP contribution >= 0.6 is 0 Å². The SMILES string of the molecule is CC1(C)c2ccc(-c3ccc4oc5ccc(-c6c7ccccc7c(-c7ccccc7)c7ccccc67)cc5c4c3)cc2-c2c1ccc1ccccc21. The van der Waals surface area contributed by atoms with Crippen LogP contribution in [0.5, 0.6) is 0 Å². The van der Waals surface area contributed by atoms with E-state index in [2.05, 4.69) is 184 Å². The fourth-order valence-electron chi connectivity index (χ4n) is 9.17. The van der Waals surface area contributed by atoms with Gasteiger partial charge in [0.15, 0.2) is 0 Å². The van der Waals surface area contributed by atoms with E-state index in [1.54, 1.807) is 0 Å². The van der Waals surface area contributed by atoms with Crippen LogP contribution in [0.25, 0.3) is 98.8 Å². The monoisotopic (exact) mass is 662 g/mol. The summed E-state index contributed by atoms with van der Waals surface area (Å²) >= 11 is 0. The third kappa shape index (κ3) is 4.11. The summed E-state index contributed by atoms with van der Waals surface area (Å²) in [6, 6.07) is 62.4. The number of hydrogen-bond acceptors (Lipinski definition) is 1. The highest BCUT2D eigenvalue weighted by atomic mass is 16.3. The van der Waals surface area contributed by atoms with Crippen molar-refractivity contribution < 1.29 is 4.42 Å². The van der Waals surface area contributed by atoms with Gasteiger partial charge in [-0.2, -0.15) is 0 Å². The van der Waals surface area contributed by atoms with Crippen LogP contribution in [-0.4, -0.2) is 0 Å². The minimum absolute atomic E-state index is 0.0536. The normalized spacial score (nSPS) is 13.3. The van der Waals surface area contributed by atoms with Crippen LogP contribution in [0.4, 0.5) is 0 Å². The molecule has 0 aliphatic heterocycles. The molecule has 0 saturated carbocycles. The Morgan fingerprint density at radius 2 is 0.846 bits per heavy atom. The topological polar surface area (TPSA) is 13.1 Å². The van der Waals surface area contributed by atoms with Crippen LogP contribution in [-0.2, 0) is 5.41 Å². The number of benzene rings is 9. The van der Waals surface area contributed by atoms with E-state index in [0.717, 1.165) is 21.9 Å². The van der Waals surface area contributed by atoms with Crippen molar-refractivity contribution in [2.45, 2.75) is 19.3 Å². The predicted molar refractivity (Wildman–Crippen MR) is 220 cm³/mol. The van der Waals surface area contributed by atoms with Gasteiger partial charge >= 0.3 is 0 Å². The van der Waals surface area contributed by atoms with Gasteiger partial charge in [0, 0.05) is 16.2 Å². The molecule has 0 N–H and O–H groups in total. The van der Waals surface area contributed by atoms with Gasteiger partial charge in [-0.1, -0.05) is 153 Å². The molecule has 10 aromatic rings. The highest BCUT2D eigenvalue weighted by Gasteiger charge is 2.36. The van der Waals surface area contributed by atoms with Gasteiger partial charge in [0.25, 0.3) is 0 Å². The van der Waals surface area contributed by atoms with E-state index in [9.17, 15) is 0 Å². The van der Waals surface area contributed by atoms with Crippen LogP contribution in [0.1, 0.15) is 25.0 Å². The number of fused-ring (bicyclic) bond motifs is 10. The van der Waals surface area contributed by atoms with Gasteiger partial charge in [-0.25, -0.2) is 0 Å². The fraction of sp³-hybridized carbons (Fsp3) is 0.0588. The number of rotatable bonds is 3. The first-order valence-corrected chi connectivity index (χ1v) is 18.2. The summed E-state index contributed by atoms with van der Waals surface area (Å²) in [5.41, 5.74) is 14.6. The summed E-state index contributed by atoms with van der Waals surface area (Å²) < 4.78 is 6.48. The third-order valence-electron chi connectivity index (χ3n) is 11.6. The van der Waals surface area contributed by atoms with E-state index < -0.39 is 0 Å². The zero-order valence-electron chi connectivity index (χ0n) is 29.1. The van der Waals surface area contributed by atoms with E-state index in [0.29, 0.717) is 0 Å². The molecule has 0 unspecified atom stereocenters. The highest BCUT2D eigenvalue weighted by molar-refractivity contribution is 6.22. The van der Waals surface area contributed by atoms with Crippen molar-refractivity contribution in [2.24, 2.45) is 0 Å². The summed E-state index contributed by atoms with van der Waals surface area (Å²) in [4.78, 5) is 0. The molecule has 1 heteroatoms. The van der Waals surface area contributed by atoms with Crippen molar-refractivity contribution in [3.8, 4) is 44.5 Å². The lowest BCUT2D eigenvalue weighted by molar-refractivity contribution is 0.661. The van der Waals surface area contributed by atoms with E-state index in [1.165, 1.54) is 88.0 Å². The molecule has 1 aromatic heterocycles. The van der Waals surface area contributed by atoms with Gasteiger partial charge in [0.2, 0.25) is 0 Å². The first-order chi connectivity index (χ1) is 25.5. The Balaban J connectivity index is 1.10. The molecular weight excluding hydrogens is 629 g/mol. The Labute approximate surface area is 302 Å². The lowest BCUT2D eigenvalue weighted by Gasteiger charge is -2.21. The Morgan fingerprint density at radius 3 is 1.52 bits per heavy atom. The lowest BCUT2D eigenvalue weighted by atomic mass is 9.82. The zero-order chi connectivity index (χ0) is 34.6. The number of hydrogen-bond donors (Lipinski definition) is 0. The second-order valence-corrected chi connectivity index (χ2v) is 14.8. The molecule has 0 amide bonds. The summed E-state index contributed by atoms with van der Waals surface area (Å²) in [5, 5.41) is 9.90. The molecule has 0 spiro atoms. The predicted octanol–water partition coefficient (Wildman–Crippen LogP) is 14.4. The van der Waals surface area contributed by atoms with Crippen molar-refractivity contribution >= 4 is 54.3 Å². The Bertz CT molecular complexity index is 3030. The molecule has 0 radical (unpaired) electrons. The first-order valence-electron chi connectivity index (χ1n) is 18.2. The van der Waals surface area contributed by atoms with Crippen molar-refractivity contribution in [3.63, 3.8) is 0 Å². The van der Waals surface area contributed by atoms with Crippen LogP contribution in [0.2, 0.25) is 0 Å². The van der Waals surface area contributed by atoms with Crippen LogP contribution in [0, 0.1) is 0 Å². The molecule has 1 aliphatic carbocycles. The van der Waals surface area contributed by atoms with Crippen LogP contribution in [0.3, 0.4) is 0 Å². The number of furan rings is 1. The maximum absolute atomic E-state index is 6.48. The molecule has 1 aliphatic rings. The molecule has 244 valence electrons.